The highest BCUT2D eigenvalue weighted by atomic mass is 79.9. The van der Waals surface area contributed by atoms with Crippen molar-refractivity contribution in [3.8, 4) is 5.75 Å². The fourth-order valence-electron chi connectivity index (χ4n) is 3.03. The van der Waals surface area contributed by atoms with Crippen LogP contribution in [0.25, 0.3) is 10.9 Å². The standard InChI is InChI=1S/C19H18BrN5O2/c1-2-21-19(26)25-6-7-27-17-10-15-14(9-16(17)25)18(23-11-22-15)24-13-5-3-4-12(20)8-13/h3-5,8-11H,2,6-7H2,1H3,(H,21,26)(H,22,23,24). The van der Waals surface area contributed by atoms with Crippen LogP contribution in [0.3, 0.4) is 0 Å². The number of benzene rings is 2. The Hall–Kier alpha value is -2.87. The van der Waals surface area contributed by atoms with Crippen molar-refractivity contribution in [1.29, 1.82) is 0 Å². The van der Waals surface area contributed by atoms with E-state index in [-0.39, 0.29) is 6.03 Å². The summed E-state index contributed by atoms with van der Waals surface area (Å²) in [6.45, 7) is 3.40. The second-order valence-corrected chi connectivity index (χ2v) is 6.95. The van der Waals surface area contributed by atoms with Gasteiger partial charge in [0, 0.05) is 28.2 Å². The predicted molar refractivity (Wildman–Crippen MR) is 109 cm³/mol. The van der Waals surface area contributed by atoms with E-state index in [1.165, 1.54) is 6.33 Å². The van der Waals surface area contributed by atoms with Gasteiger partial charge in [-0.1, -0.05) is 22.0 Å². The lowest BCUT2D eigenvalue weighted by Gasteiger charge is -2.29. The van der Waals surface area contributed by atoms with Gasteiger partial charge in [0.05, 0.1) is 17.7 Å². The quantitative estimate of drug-likeness (QED) is 0.658. The summed E-state index contributed by atoms with van der Waals surface area (Å²) in [5, 5.41) is 6.98. The second-order valence-electron chi connectivity index (χ2n) is 6.03. The van der Waals surface area contributed by atoms with Crippen LogP contribution >= 0.6 is 15.9 Å². The number of fused-ring (bicyclic) bond motifs is 2. The molecule has 2 N–H and O–H groups in total. The van der Waals surface area contributed by atoms with Gasteiger partial charge in [-0.25, -0.2) is 14.8 Å². The first-order valence-electron chi connectivity index (χ1n) is 8.65. The van der Waals surface area contributed by atoms with Crippen LogP contribution in [0.5, 0.6) is 5.75 Å². The number of amides is 2. The molecule has 0 atom stereocenters. The molecule has 4 rings (SSSR count). The molecular formula is C19H18BrN5O2. The summed E-state index contributed by atoms with van der Waals surface area (Å²) >= 11 is 3.47. The van der Waals surface area contributed by atoms with E-state index in [0.717, 1.165) is 21.1 Å². The third-order valence-corrected chi connectivity index (χ3v) is 4.73. The number of carbonyl (C=O) groups is 1. The van der Waals surface area contributed by atoms with Crippen molar-refractivity contribution in [3.63, 3.8) is 0 Å². The molecule has 138 valence electrons. The van der Waals surface area contributed by atoms with Crippen LogP contribution in [-0.4, -0.2) is 35.7 Å². The smallest absolute Gasteiger partial charge is 0.322 e. The monoisotopic (exact) mass is 427 g/mol. The normalized spacial score (nSPS) is 13.0. The minimum atomic E-state index is -0.139. The molecule has 0 bridgehead atoms. The number of hydrogen-bond donors (Lipinski definition) is 2. The third kappa shape index (κ3) is 3.52. The molecule has 2 amide bonds. The Kier molecular flexibility index (Phi) is 4.81. The molecule has 27 heavy (non-hydrogen) atoms. The van der Waals surface area contributed by atoms with Crippen LogP contribution in [-0.2, 0) is 0 Å². The van der Waals surface area contributed by atoms with Gasteiger partial charge in [0.1, 0.15) is 24.5 Å². The molecule has 1 aliphatic heterocycles. The predicted octanol–water partition coefficient (Wildman–Crippen LogP) is 4.06. The van der Waals surface area contributed by atoms with Gasteiger partial charge >= 0.3 is 6.03 Å². The Morgan fingerprint density at radius 2 is 2.19 bits per heavy atom. The molecule has 0 fully saturated rings. The average molecular weight is 428 g/mol. The lowest BCUT2D eigenvalue weighted by atomic mass is 10.1. The summed E-state index contributed by atoms with van der Waals surface area (Å²) in [7, 11) is 0. The molecule has 0 saturated heterocycles. The summed E-state index contributed by atoms with van der Waals surface area (Å²) in [6.07, 6.45) is 1.51. The van der Waals surface area contributed by atoms with Crippen molar-refractivity contribution in [2.45, 2.75) is 6.92 Å². The van der Waals surface area contributed by atoms with Crippen LogP contribution in [0.2, 0.25) is 0 Å². The summed E-state index contributed by atoms with van der Waals surface area (Å²) in [4.78, 5) is 22.9. The Labute approximate surface area is 164 Å². The van der Waals surface area contributed by atoms with E-state index in [1.54, 1.807) is 4.90 Å². The first kappa shape index (κ1) is 17.5. The number of halogens is 1. The number of ether oxygens (including phenoxy) is 1. The van der Waals surface area contributed by atoms with Crippen molar-refractivity contribution in [2.24, 2.45) is 0 Å². The van der Waals surface area contributed by atoms with E-state index in [2.05, 4.69) is 36.5 Å². The van der Waals surface area contributed by atoms with Gasteiger partial charge in [-0.3, -0.25) is 4.90 Å². The number of anilines is 3. The van der Waals surface area contributed by atoms with Crippen LogP contribution in [0.1, 0.15) is 6.92 Å². The van der Waals surface area contributed by atoms with Crippen molar-refractivity contribution in [1.82, 2.24) is 15.3 Å². The van der Waals surface area contributed by atoms with Gasteiger partial charge in [-0.15, -0.1) is 0 Å². The molecule has 0 spiro atoms. The van der Waals surface area contributed by atoms with Gasteiger partial charge in [-0.2, -0.15) is 0 Å². The number of aromatic nitrogens is 2. The molecule has 3 aromatic rings. The van der Waals surface area contributed by atoms with Gasteiger partial charge in [0.2, 0.25) is 0 Å². The summed E-state index contributed by atoms with van der Waals surface area (Å²) in [6, 6.07) is 11.4. The zero-order valence-electron chi connectivity index (χ0n) is 14.7. The Balaban J connectivity index is 1.78. The molecule has 7 nitrogen and oxygen atoms in total. The first-order chi connectivity index (χ1) is 13.2. The van der Waals surface area contributed by atoms with Crippen LogP contribution in [0, 0.1) is 0 Å². The maximum atomic E-state index is 12.4. The zero-order chi connectivity index (χ0) is 18.8. The lowest BCUT2D eigenvalue weighted by Crippen LogP contribution is -2.44. The molecular weight excluding hydrogens is 410 g/mol. The Morgan fingerprint density at radius 1 is 1.30 bits per heavy atom. The van der Waals surface area contributed by atoms with Crippen molar-refractivity contribution >= 4 is 50.1 Å². The zero-order valence-corrected chi connectivity index (χ0v) is 16.3. The molecule has 2 aromatic carbocycles. The first-order valence-corrected chi connectivity index (χ1v) is 9.44. The highest BCUT2D eigenvalue weighted by Gasteiger charge is 2.25. The number of hydrogen-bond acceptors (Lipinski definition) is 5. The molecule has 0 aliphatic carbocycles. The van der Waals surface area contributed by atoms with Crippen LogP contribution in [0.4, 0.5) is 22.0 Å². The number of carbonyl (C=O) groups excluding carboxylic acids is 1. The molecule has 0 radical (unpaired) electrons. The van der Waals surface area contributed by atoms with Gasteiger partial charge in [0.25, 0.3) is 0 Å². The lowest BCUT2D eigenvalue weighted by molar-refractivity contribution is 0.240. The molecule has 0 unspecified atom stereocenters. The van der Waals surface area contributed by atoms with E-state index in [9.17, 15) is 4.79 Å². The molecule has 1 aliphatic rings. The third-order valence-electron chi connectivity index (χ3n) is 4.24. The SMILES string of the molecule is CCNC(=O)N1CCOc2cc3ncnc(Nc4cccc(Br)c4)c3cc21. The fraction of sp³-hybridized carbons (Fsp3) is 0.211. The molecule has 1 aromatic heterocycles. The Morgan fingerprint density at radius 3 is 3.00 bits per heavy atom. The largest absolute Gasteiger partial charge is 0.489 e. The maximum absolute atomic E-state index is 12.4. The van der Waals surface area contributed by atoms with Crippen molar-refractivity contribution in [3.05, 3.63) is 47.2 Å². The van der Waals surface area contributed by atoms with E-state index in [1.807, 2.05) is 43.3 Å². The topological polar surface area (TPSA) is 79.4 Å². The summed E-state index contributed by atoms with van der Waals surface area (Å²) < 4.78 is 6.73. The van der Waals surface area contributed by atoms with Crippen molar-refractivity contribution < 1.29 is 9.53 Å². The number of rotatable bonds is 3. The minimum Gasteiger partial charge on any atom is -0.489 e. The molecule has 0 saturated carbocycles. The average Bonchev–Trinajstić information content (AvgIpc) is 2.66. The number of nitrogens with one attached hydrogen (secondary N) is 2. The summed E-state index contributed by atoms with van der Waals surface area (Å²) in [5.74, 6) is 1.31. The van der Waals surface area contributed by atoms with E-state index < -0.39 is 0 Å². The number of nitrogens with zero attached hydrogens (tertiary/aromatic N) is 3. The van der Waals surface area contributed by atoms with Gasteiger partial charge in [-0.05, 0) is 31.2 Å². The Bertz CT molecular complexity index is 1010. The van der Waals surface area contributed by atoms with Crippen molar-refractivity contribution in [2.75, 3.05) is 29.9 Å². The van der Waals surface area contributed by atoms with Gasteiger partial charge < -0.3 is 15.4 Å². The van der Waals surface area contributed by atoms with Crippen LogP contribution in [0.15, 0.2) is 47.2 Å². The maximum Gasteiger partial charge on any atom is 0.322 e. The molecule has 8 heteroatoms. The minimum absolute atomic E-state index is 0.139. The van der Waals surface area contributed by atoms with Gasteiger partial charge in [0.15, 0.2) is 0 Å². The van der Waals surface area contributed by atoms with E-state index >= 15 is 0 Å². The van der Waals surface area contributed by atoms with E-state index in [4.69, 9.17) is 4.74 Å². The molecule has 2 heterocycles. The van der Waals surface area contributed by atoms with E-state index in [0.29, 0.717) is 37.0 Å². The second kappa shape index (κ2) is 7.40. The highest BCUT2D eigenvalue weighted by molar-refractivity contribution is 9.10. The summed E-state index contributed by atoms with van der Waals surface area (Å²) in [5.41, 5.74) is 2.37. The number of urea groups is 1. The highest BCUT2D eigenvalue weighted by Crippen LogP contribution is 2.37. The van der Waals surface area contributed by atoms with Crippen LogP contribution < -0.4 is 20.3 Å². The fourth-order valence-corrected chi connectivity index (χ4v) is 3.43.